The lowest BCUT2D eigenvalue weighted by Gasteiger charge is -2.05. The second-order valence-corrected chi connectivity index (χ2v) is 5.01. The van der Waals surface area contributed by atoms with Crippen LogP contribution >= 0.6 is 0 Å². The Bertz CT molecular complexity index is 812. The van der Waals surface area contributed by atoms with Crippen LogP contribution in [0.25, 0.3) is 11.1 Å². The third-order valence-corrected chi connectivity index (χ3v) is 3.49. The van der Waals surface area contributed by atoms with Gasteiger partial charge in [-0.3, -0.25) is 4.79 Å². The van der Waals surface area contributed by atoms with Crippen LogP contribution in [0.2, 0.25) is 0 Å². The lowest BCUT2D eigenvalue weighted by molar-refractivity contribution is -0.131. The Morgan fingerprint density at radius 3 is 2.45 bits per heavy atom. The maximum absolute atomic E-state index is 13.3. The topological polar surface area (TPSA) is 66.4 Å². The van der Waals surface area contributed by atoms with Gasteiger partial charge in [-0.1, -0.05) is 12.1 Å². The smallest absolute Gasteiger partial charge is 0.328 e. The number of rotatable bonds is 3. The molecule has 0 atom stereocenters. The lowest BCUT2D eigenvalue weighted by atomic mass is 10.1. The van der Waals surface area contributed by atoms with Crippen LogP contribution in [0.3, 0.4) is 0 Å². The molecule has 22 heavy (non-hydrogen) atoms. The number of carbonyl (C=O) groups is 2. The molecule has 2 aromatic rings. The van der Waals surface area contributed by atoms with Crippen LogP contribution in [0.1, 0.15) is 11.1 Å². The number of carboxylic acids is 1. The molecule has 0 saturated heterocycles. The standard InChI is InChI=1S/C17H12FNO3/c18-12-1-3-14-10(8-12)7-11-9-13(2-4-15(11)14)19-16(20)5-6-17(21)22/h1-6,8-9H,7H2,(H,19,20)(H,21,22)/b6-5-. The van der Waals surface area contributed by atoms with Gasteiger partial charge in [0.25, 0.3) is 0 Å². The summed E-state index contributed by atoms with van der Waals surface area (Å²) >= 11 is 0. The number of carbonyl (C=O) groups excluding carboxylic acids is 1. The third-order valence-electron chi connectivity index (χ3n) is 3.49. The number of aliphatic carboxylic acids is 1. The van der Waals surface area contributed by atoms with Crippen LogP contribution in [0.15, 0.2) is 48.6 Å². The number of halogens is 1. The first-order valence-corrected chi connectivity index (χ1v) is 6.66. The Balaban J connectivity index is 1.82. The molecule has 2 aromatic carbocycles. The molecule has 0 saturated carbocycles. The van der Waals surface area contributed by atoms with E-state index in [0.717, 1.165) is 34.4 Å². The van der Waals surface area contributed by atoms with Crippen LogP contribution in [0.5, 0.6) is 0 Å². The molecule has 0 bridgehead atoms. The molecule has 1 aliphatic rings. The summed E-state index contributed by atoms with van der Waals surface area (Å²) in [7, 11) is 0. The summed E-state index contributed by atoms with van der Waals surface area (Å²) in [6, 6.07) is 10.1. The van der Waals surface area contributed by atoms with E-state index in [2.05, 4.69) is 5.32 Å². The first-order valence-electron chi connectivity index (χ1n) is 6.66. The molecule has 0 aliphatic heterocycles. The fraction of sp³-hybridized carbons (Fsp3) is 0.0588. The number of anilines is 1. The fourth-order valence-electron chi connectivity index (χ4n) is 2.59. The van der Waals surface area contributed by atoms with Gasteiger partial charge in [-0.2, -0.15) is 0 Å². The Morgan fingerprint density at radius 1 is 1.05 bits per heavy atom. The highest BCUT2D eigenvalue weighted by atomic mass is 19.1. The molecule has 1 amide bonds. The summed E-state index contributed by atoms with van der Waals surface area (Å²) in [6.45, 7) is 0. The molecular formula is C17H12FNO3. The summed E-state index contributed by atoms with van der Waals surface area (Å²) in [5.41, 5.74) is 4.52. The maximum Gasteiger partial charge on any atom is 0.328 e. The van der Waals surface area contributed by atoms with Gasteiger partial charge < -0.3 is 10.4 Å². The van der Waals surface area contributed by atoms with E-state index in [0.29, 0.717) is 12.1 Å². The monoisotopic (exact) mass is 297 g/mol. The zero-order valence-electron chi connectivity index (χ0n) is 11.5. The molecule has 0 spiro atoms. The van der Waals surface area contributed by atoms with Gasteiger partial charge >= 0.3 is 5.97 Å². The van der Waals surface area contributed by atoms with Crippen molar-refractivity contribution in [2.24, 2.45) is 0 Å². The van der Waals surface area contributed by atoms with Crippen LogP contribution in [-0.2, 0) is 16.0 Å². The second-order valence-electron chi connectivity index (χ2n) is 5.01. The van der Waals surface area contributed by atoms with Crippen LogP contribution in [0.4, 0.5) is 10.1 Å². The van der Waals surface area contributed by atoms with Gasteiger partial charge in [-0.15, -0.1) is 0 Å². The van der Waals surface area contributed by atoms with E-state index in [1.165, 1.54) is 12.1 Å². The van der Waals surface area contributed by atoms with Crippen molar-refractivity contribution >= 4 is 17.6 Å². The first kappa shape index (κ1) is 14.0. The zero-order valence-corrected chi connectivity index (χ0v) is 11.5. The molecule has 0 aromatic heterocycles. The second kappa shape index (κ2) is 5.44. The van der Waals surface area contributed by atoms with Crippen LogP contribution < -0.4 is 5.32 Å². The number of carboxylic acid groups (broad SMARTS) is 1. The van der Waals surface area contributed by atoms with Crippen molar-refractivity contribution in [2.75, 3.05) is 5.32 Å². The number of benzene rings is 2. The molecule has 2 N–H and O–H groups in total. The minimum atomic E-state index is -1.18. The predicted octanol–water partition coefficient (Wildman–Crippen LogP) is 2.98. The van der Waals surface area contributed by atoms with Crippen LogP contribution in [-0.4, -0.2) is 17.0 Å². The van der Waals surface area contributed by atoms with Crippen molar-refractivity contribution < 1.29 is 19.1 Å². The van der Waals surface area contributed by atoms with E-state index in [9.17, 15) is 14.0 Å². The minimum Gasteiger partial charge on any atom is -0.478 e. The van der Waals surface area contributed by atoms with Crippen LogP contribution in [0, 0.1) is 5.82 Å². The summed E-state index contributed by atoms with van der Waals surface area (Å²) in [6.07, 6.45) is 2.35. The van der Waals surface area contributed by atoms with Gasteiger partial charge in [-0.25, -0.2) is 9.18 Å². The SMILES string of the molecule is O=C(O)/C=C\C(=O)Nc1ccc2c(c1)Cc1cc(F)ccc1-2. The molecule has 0 unspecified atom stereocenters. The summed E-state index contributed by atoms with van der Waals surface area (Å²) in [5, 5.41) is 11.1. The van der Waals surface area contributed by atoms with Gasteiger partial charge in [-0.05, 0) is 52.9 Å². The highest BCUT2D eigenvalue weighted by Gasteiger charge is 2.19. The van der Waals surface area contributed by atoms with E-state index < -0.39 is 11.9 Å². The molecule has 5 heteroatoms. The van der Waals surface area contributed by atoms with Gasteiger partial charge in [0.05, 0.1) is 0 Å². The molecule has 110 valence electrons. The highest BCUT2D eigenvalue weighted by molar-refractivity contribution is 6.02. The zero-order chi connectivity index (χ0) is 15.7. The van der Waals surface area contributed by atoms with Crippen molar-refractivity contribution in [3.63, 3.8) is 0 Å². The number of hydrogen-bond acceptors (Lipinski definition) is 2. The van der Waals surface area contributed by atoms with E-state index in [-0.39, 0.29) is 5.82 Å². The summed E-state index contributed by atoms with van der Waals surface area (Å²) in [4.78, 5) is 21.9. The third kappa shape index (κ3) is 2.74. The van der Waals surface area contributed by atoms with E-state index in [1.54, 1.807) is 12.1 Å². The fourth-order valence-corrected chi connectivity index (χ4v) is 2.59. The highest BCUT2D eigenvalue weighted by Crippen LogP contribution is 2.38. The largest absolute Gasteiger partial charge is 0.478 e. The van der Waals surface area contributed by atoms with Gasteiger partial charge in [0.1, 0.15) is 5.82 Å². The molecule has 0 radical (unpaired) electrons. The minimum absolute atomic E-state index is 0.265. The summed E-state index contributed by atoms with van der Waals surface area (Å²) in [5.74, 6) is -1.95. The number of hydrogen-bond donors (Lipinski definition) is 2. The molecule has 1 aliphatic carbocycles. The Morgan fingerprint density at radius 2 is 1.73 bits per heavy atom. The van der Waals surface area contributed by atoms with Crippen molar-refractivity contribution in [3.8, 4) is 11.1 Å². The lowest BCUT2D eigenvalue weighted by Crippen LogP contribution is -2.08. The molecule has 4 nitrogen and oxygen atoms in total. The van der Waals surface area contributed by atoms with E-state index in [4.69, 9.17) is 5.11 Å². The number of nitrogens with one attached hydrogen (secondary N) is 1. The van der Waals surface area contributed by atoms with Gasteiger partial charge in [0.2, 0.25) is 5.91 Å². The van der Waals surface area contributed by atoms with Crippen molar-refractivity contribution in [2.45, 2.75) is 6.42 Å². The Hall–Kier alpha value is -2.95. The number of amides is 1. The molecule has 3 rings (SSSR count). The Kier molecular flexibility index (Phi) is 3.47. The van der Waals surface area contributed by atoms with Gasteiger partial charge in [0, 0.05) is 17.8 Å². The van der Waals surface area contributed by atoms with Crippen molar-refractivity contribution in [1.29, 1.82) is 0 Å². The maximum atomic E-state index is 13.3. The molecular weight excluding hydrogens is 285 g/mol. The number of fused-ring (bicyclic) bond motifs is 3. The van der Waals surface area contributed by atoms with E-state index in [1.807, 2.05) is 12.1 Å². The average molecular weight is 297 g/mol. The Labute approximate surface area is 125 Å². The predicted molar refractivity (Wildman–Crippen MR) is 80.0 cm³/mol. The van der Waals surface area contributed by atoms with Gasteiger partial charge in [0.15, 0.2) is 0 Å². The summed E-state index contributed by atoms with van der Waals surface area (Å²) < 4.78 is 13.3. The average Bonchev–Trinajstić information content (AvgIpc) is 2.81. The van der Waals surface area contributed by atoms with Crippen molar-refractivity contribution in [3.05, 3.63) is 65.5 Å². The first-order chi connectivity index (χ1) is 10.5. The van der Waals surface area contributed by atoms with E-state index >= 15 is 0 Å². The van der Waals surface area contributed by atoms with Crippen molar-refractivity contribution in [1.82, 2.24) is 0 Å². The quantitative estimate of drug-likeness (QED) is 0.730. The normalized spacial score (nSPS) is 12.0. The molecule has 0 heterocycles. The molecule has 0 fully saturated rings.